The zero-order valence-corrected chi connectivity index (χ0v) is 16.3. The monoisotopic (exact) mass is 383 g/mol. The lowest BCUT2D eigenvalue weighted by molar-refractivity contribution is -0.118. The number of nitrogen functional groups attached to an aromatic ring is 1. The Bertz CT molecular complexity index is 854. The summed E-state index contributed by atoms with van der Waals surface area (Å²) in [5.41, 5.74) is 9.44. The maximum absolute atomic E-state index is 14.3. The topological polar surface area (TPSA) is 68.5 Å². The van der Waals surface area contributed by atoms with E-state index in [9.17, 15) is 9.18 Å². The molecule has 0 aliphatic carbocycles. The van der Waals surface area contributed by atoms with Gasteiger partial charge in [-0.3, -0.25) is 9.69 Å². The smallest absolute Gasteiger partial charge is 0.226 e. The zero-order valence-electron chi connectivity index (χ0n) is 16.3. The van der Waals surface area contributed by atoms with Crippen LogP contribution in [0.25, 0.3) is 5.57 Å². The van der Waals surface area contributed by atoms with Gasteiger partial charge < -0.3 is 10.5 Å². The van der Waals surface area contributed by atoms with Gasteiger partial charge in [0, 0.05) is 24.7 Å². The van der Waals surface area contributed by atoms with Gasteiger partial charge in [0.15, 0.2) is 6.30 Å². The summed E-state index contributed by atoms with van der Waals surface area (Å²) in [7, 11) is 0. The third-order valence-corrected chi connectivity index (χ3v) is 4.96. The van der Waals surface area contributed by atoms with E-state index >= 15 is 0 Å². The van der Waals surface area contributed by atoms with Crippen LogP contribution in [0.1, 0.15) is 31.4 Å². The van der Waals surface area contributed by atoms with Crippen molar-refractivity contribution in [3.63, 3.8) is 0 Å². The van der Waals surface area contributed by atoms with E-state index in [0.717, 1.165) is 24.2 Å². The number of nitrogens with two attached hydrogens (primary N) is 1. The summed E-state index contributed by atoms with van der Waals surface area (Å²) in [6, 6.07) is 11.4. The lowest BCUT2D eigenvalue weighted by Crippen LogP contribution is -2.44. The van der Waals surface area contributed by atoms with Crippen molar-refractivity contribution >= 4 is 23.0 Å². The van der Waals surface area contributed by atoms with Crippen LogP contribution < -0.4 is 10.6 Å². The molecule has 2 N–H and O–H groups in total. The second kappa shape index (κ2) is 8.97. The number of alkyl halides is 1. The normalized spacial score (nSPS) is 21.1. The molecule has 1 amide bonds. The molecule has 5 nitrogen and oxygen atoms in total. The van der Waals surface area contributed by atoms with Crippen LogP contribution in [-0.4, -0.2) is 30.4 Å². The van der Waals surface area contributed by atoms with Crippen LogP contribution in [0, 0.1) is 5.92 Å². The summed E-state index contributed by atoms with van der Waals surface area (Å²) in [5, 5.41) is 0. The molecule has 148 valence electrons. The highest BCUT2D eigenvalue weighted by molar-refractivity contribution is 5.93. The van der Waals surface area contributed by atoms with Crippen LogP contribution in [-0.2, 0) is 16.0 Å². The molecule has 6 heteroatoms. The van der Waals surface area contributed by atoms with Gasteiger partial charge in [-0.2, -0.15) is 0 Å². The van der Waals surface area contributed by atoms with Gasteiger partial charge in [0.2, 0.25) is 5.91 Å². The molecule has 0 unspecified atom stereocenters. The molecule has 0 spiro atoms. The van der Waals surface area contributed by atoms with Gasteiger partial charge in [-0.15, -0.1) is 0 Å². The molecule has 0 fully saturated rings. The van der Waals surface area contributed by atoms with Crippen molar-refractivity contribution in [1.82, 2.24) is 4.98 Å². The highest BCUT2D eigenvalue weighted by Crippen LogP contribution is 2.36. The first-order valence-electron chi connectivity index (χ1n) is 9.48. The second-order valence-corrected chi connectivity index (χ2v) is 7.10. The quantitative estimate of drug-likeness (QED) is 0.756. The average molecular weight is 383 g/mol. The molecule has 0 saturated carbocycles. The minimum absolute atomic E-state index is 0.180. The van der Waals surface area contributed by atoms with Gasteiger partial charge >= 0.3 is 0 Å². The highest BCUT2D eigenvalue weighted by Gasteiger charge is 2.34. The first-order valence-corrected chi connectivity index (χ1v) is 9.48. The molecule has 2 aliphatic rings. The molecular formula is C22H26FN3O2. The number of fused-ring (bicyclic) bond motifs is 1. The molecule has 2 aliphatic heterocycles. The maximum Gasteiger partial charge on any atom is 0.226 e. The largest absolute Gasteiger partial charge is 0.384 e. The number of benzene rings is 1. The fourth-order valence-corrected chi connectivity index (χ4v) is 3.52. The number of carbonyl (C=O) groups is 1. The fraction of sp³-hybridized carbons (Fsp3) is 0.364. The summed E-state index contributed by atoms with van der Waals surface area (Å²) in [4.78, 5) is 16.8. The van der Waals surface area contributed by atoms with Crippen LogP contribution in [0.4, 0.5) is 15.9 Å². The molecular weight excluding hydrogens is 357 g/mol. The number of aromatic nitrogens is 1. The van der Waals surface area contributed by atoms with Gasteiger partial charge in [-0.25, -0.2) is 9.37 Å². The van der Waals surface area contributed by atoms with Crippen molar-refractivity contribution in [3.05, 3.63) is 59.8 Å². The molecule has 0 radical (unpaired) electrons. The predicted molar refractivity (Wildman–Crippen MR) is 109 cm³/mol. The molecule has 0 bridgehead atoms. The van der Waals surface area contributed by atoms with Crippen LogP contribution in [0.5, 0.6) is 0 Å². The summed E-state index contributed by atoms with van der Waals surface area (Å²) >= 11 is 0. The Kier molecular flexibility index (Phi) is 6.41. The number of halogens is 1. The Morgan fingerprint density at radius 2 is 2.14 bits per heavy atom. The number of hydrogen-bond donors (Lipinski definition) is 1. The zero-order chi connectivity index (χ0) is 20.1. The Balaban J connectivity index is 0.000000271. The number of carbonyl (C=O) groups excluding carboxylic acids is 1. The van der Waals surface area contributed by atoms with Crippen LogP contribution in [0.15, 0.2) is 48.7 Å². The number of nitrogens with zero attached hydrogens (tertiary/aromatic N) is 2. The maximum atomic E-state index is 14.3. The van der Waals surface area contributed by atoms with Crippen molar-refractivity contribution in [2.45, 2.75) is 33.0 Å². The summed E-state index contributed by atoms with van der Waals surface area (Å²) in [5.74, 6) is 0.149. The molecule has 2 aromatic rings. The number of ether oxygens (including phenoxy) is 1. The van der Waals surface area contributed by atoms with E-state index in [1.807, 2.05) is 31.2 Å². The van der Waals surface area contributed by atoms with E-state index in [1.54, 1.807) is 12.3 Å². The van der Waals surface area contributed by atoms with E-state index in [0.29, 0.717) is 24.5 Å². The molecule has 1 aromatic heterocycles. The van der Waals surface area contributed by atoms with Crippen molar-refractivity contribution in [2.24, 2.45) is 5.92 Å². The van der Waals surface area contributed by atoms with Crippen molar-refractivity contribution < 1.29 is 13.9 Å². The van der Waals surface area contributed by atoms with E-state index in [-0.39, 0.29) is 11.8 Å². The lowest BCUT2D eigenvalue weighted by Gasteiger charge is -2.36. The minimum Gasteiger partial charge on any atom is -0.384 e. The first-order chi connectivity index (χ1) is 13.5. The first kappa shape index (κ1) is 20.0. The molecule has 2 atom stereocenters. The van der Waals surface area contributed by atoms with Crippen molar-refractivity contribution in [1.29, 1.82) is 0 Å². The van der Waals surface area contributed by atoms with Gasteiger partial charge in [-0.1, -0.05) is 25.1 Å². The number of hydrogen-bond acceptors (Lipinski definition) is 4. The lowest BCUT2D eigenvalue weighted by atomic mass is 9.89. The Hall–Kier alpha value is -2.73. The summed E-state index contributed by atoms with van der Waals surface area (Å²) in [6.07, 6.45) is 4.09. The van der Waals surface area contributed by atoms with Crippen LogP contribution >= 0.6 is 0 Å². The Morgan fingerprint density at radius 1 is 1.32 bits per heavy atom. The molecule has 0 saturated heterocycles. The Morgan fingerprint density at radius 3 is 2.71 bits per heavy atom. The van der Waals surface area contributed by atoms with Crippen LogP contribution in [0.3, 0.4) is 0 Å². The second-order valence-electron chi connectivity index (χ2n) is 7.10. The number of amides is 1. The molecule has 28 heavy (non-hydrogen) atoms. The van der Waals surface area contributed by atoms with Gasteiger partial charge in [-0.05, 0) is 53.8 Å². The predicted octanol–water partition coefficient (Wildman–Crippen LogP) is 3.99. The van der Waals surface area contributed by atoms with Crippen LogP contribution in [0.2, 0.25) is 0 Å². The minimum atomic E-state index is -1.23. The van der Waals surface area contributed by atoms with E-state index in [4.69, 9.17) is 10.5 Å². The third-order valence-electron chi connectivity index (χ3n) is 4.96. The number of rotatable bonds is 1. The van der Waals surface area contributed by atoms with Crippen molar-refractivity contribution in [2.75, 3.05) is 23.8 Å². The third kappa shape index (κ3) is 4.57. The van der Waals surface area contributed by atoms with E-state index in [1.165, 1.54) is 17.4 Å². The number of pyridine rings is 1. The van der Waals surface area contributed by atoms with Crippen molar-refractivity contribution in [3.8, 4) is 0 Å². The fourth-order valence-electron chi connectivity index (χ4n) is 3.52. The van der Waals surface area contributed by atoms with E-state index < -0.39 is 6.30 Å². The highest BCUT2D eigenvalue weighted by atomic mass is 19.1. The molecule has 3 heterocycles. The number of anilines is 2. The summed E-state index contributed by atoms with van der Waals surface area (Å²) in [6.45, 7) is 4.66. The average Bonchev–Trinajstić information content (AvgIpc) is 2.70. The standard InChI is InChI=1S/C17H20FNO2.C5H6N2/c1-11-9-15-10-14(13-5-7-21-8-6-13)3-4-16(15)19(12(2)20)17(11)18;6-5-3-1-2-4-7-5/h3-5,10-11,17H,6-9H2,1-2H3;1-4H,(H2,6,7)/t11-,17-;/m1./s1. The Labute approximate surface area is 165 Å². The van der Waals surface area contributed by atoms with E-state index in [2.05, 4.69) is 17.1 Å². The molecule has 4 rings (SSSR count). The van der Waals surface area contributed by atoms with Gasteiger partial charge in [0.05, 0.1) is 13.2 Å². The SMILES string of the molecule is CC(=O)N1c2ccc(C3=CCOCC3)cc2C[C@@H](C)[C@@H]1F.Nc1ccccn1. The summed E-state index contributed by atoms with van der Waals surface area (Å²) < 4.78 is 19.6. The van der Waals surface area contributed by atoms with Gasteiger partial charge in [0.1, 0.15) is 5.82 Å². The van der Waals surface area contributed by atoms with Gasteiger partial charge in [0.25, 0.3) is 0 Å². The molecule has 1 aromatic carbocycles.